The van der Waals surface area contributed by atoms with E-state index in [2.05, 4.69) is 5.32 Å². The van der Waals surface area contributed by atoms with E-state index in [1.807, 2.05) is 11.0 Å². The van der Waals surface area contributed by atoms with Gasteiger partial charge in [0.15, 0.2) is 0 Å². The lowest BCUT2D eigenvalue weighted by Gasteiger charge is -2.23. The molecular weight excluding hydrogens is 207 g/mol. The minimum atomic E-state index is -0.214. The summed E-state index contributed by atoms with van der Waals surface area (Å²) in [5.74, 6) is -0.192. The number of amides is 1. The standard InChI is InChI=1S/C12H13FN2O/c13-9-4-1-3-8-7-10-12(16)14-5-2-6-15(10)11(8)9/h1,3-4,10H,2,5-7H2,(H,14,16). The second kappa shape index (κ2) is 3.47. The molecule has 2 aliphatic rings. The molecule has 1 aromatic rings. The molecule has 1 atom stereocenters. The van der Waals surface area contributed by atoms with Gasteiger partial charge in [0.25, 0.3) is 0 Å². The number of para-hydroxylation sites is 1. The van der Waals surface area contributed by atoms with Crippen molar-refractivity contribution in [3.63, 3.8) is 0 Å². The largest absolute Gasteiger partial charge is 0.357 e. The fraction of sp³-hybridized carbons (Fsp3) is 0.417. The molecule has 0 aromatic heterocycles. The number of anilines is 1. The second-order valence-corrected chi connectivity index (χ2v) is 4.31. The lowest BCUT2D eigenvalue weighted by molar-refractivity contribution is -0.121. The smallest absolute Gasteiger partial charge is 0.243 e. The molecule has 1 aromatic carbocycles. The number of carbonyl (C=O) groups is 1. The molecule has 1 fully saturated rings. The lowest BCUT2D eigenvalue weighted by Crippen LogP contribution is -2.42. The van der Waals surface area contributed by atoms with Crippen LogP contribution >= 0.6 is 0 Å². The van der Waals surface area contributed by atoms with Crippen LogP contribution in [0.25, 0.3) is 0 Å². The summed E-state index contributed by atoms with van der Waals surface area (Å²) in [6.45, 7) is 1.44. The molecule has 2 aliphatic heterocycles. The van der Waals surface area contributed by atoms with Gasteiger partial charge in [0.05, 0.1) is 5.69 Å². The molecule has 16 heavy (non-hydrogen) atoms. The fourth-order valence-corrected chi connectivity index (χ4v) is 2.60. The van der Waals surface area contributed by atoms with Crippen molar-refractivity contribution in [3.8, 4) is 0 Å². The Morgan fingerprint density at radius 2 is 2.31 bits per heavy atom. The molecule has 0 spiro atoms. The van der Waals surface area contributed by atoms with Crippen molar-refractivity contribution in [2.24, 2.45) is 0 Å². The van der Waals surface area contributed by atoms with Crippen LogP contribution in [0.1, 0.15) is 12.0 Å². The van der Waals surface area contributed by atoms with Crippen LogP contribution < -0.4 is 10.2 Å². The van der Waals surface area contributed by atoms with Crippen LogP contribution in [0.5, 0.6) is 0 Å². The van der Waals surface area contributed by atoms with Crippen molar-refractivity contribution in [1.29, 1.82) is 0 Å². The minimum Gasteiger partial charge on any atom is -0.357 e. The quantitative estimate of drug-likeness (QED) is 0.709. The summed E-state index contributed by atoms with van der Waals surface area (Å²) >= 11 is 0. The summed E-state index contributed by atoms with van der Waals surface area (Å²) in [7, 11) is 0. The highest BCUT2D eigenvalue weighted by atomic mass is 19.1. The van der Waals surface area contributed by atoms with Crippen LogP contribution in [0.15, 0.2) is 18.2 Å². The molecule has 0 aliphatic carbocycles. The van der Waals surface area contributed by atoms with Crippen LogP contribution in [0, 0.1) is 5.82 Å². The van der Waals surface area contributed by atoms with Crippen molar-refractivity contribution < 1.29 is 9.18 Å². The topological polar surface area (TPSA) is 32.3 Å². The third-order valence-corrected chi connectivity index (χ3v) is 3.32. The highest BCUT2D eigenvalue weighted by molar-refractivity contribution is 5.88. The Balaban J connectivity index is 2.06. The van der Waals surface area contributed by atoms with Gasteiger partial charge >= 0.3 is 0 Å². The maximum atomic E-state index is 13.7. The Morgan fingerprint density at radius 1 is 1.44 bits per heavy atom. The van der Waals surface area contributed by atoms with Gasteiger partial charge in [0, 0.05) is 19.5 Å². The van der Waals surface area contributed by atoms with Crippen LogP contribution in [0.2, 0.25) is 0 Å². The van der Waals surface area contributed by atoms with E-state index in [0.29, 0.717) is 18.7 Å². The maximum Gasteiger partial charge on any atom is 0.243 e. The van der Waals surface area contributed by atoms with Gasteiger partial charge in [-0.25, -0.2) is 4.39 Å². The Kier molecular flexibility index (Phi) is 2.09. The number of carbonyl (C=O) groups excluding carboxylic acids is 1. The molecule has 2 heterocycles. The van der Waals surface area contributed by atoms with Crippen LogP contribution in [-0.4, -0.2) is 25.0 Å². The Bertz CT molecular complexity index is 447. The van der Waals surface area contributed by atoms with Crippen molar-refractivity contribution in [3.05, 3.63) is 29.6 Å². The minimum absolute atomic E-state index is 0.0214. The normalized spacial score (nSPS) is 23.4. The first-order chi connectivity index (χ1) is 7.77. The first-order valence-electron chi connectivity index (χ1n) is 5.59. The third kappa shape index (κ3) is 1.29. The zero-order chi connectivity index (χ0) is 11.1. The number of halogens is 1. The van der Waals surface area contributed by atoms with E-state index >= 15 is 0 Å². The number of benzene rings is 1. The summed E-state index contributed by atoms with van der Waals surface area (Å²) in [5.41, 5.74) is 1.58. The van der Waals surface area contributed by atoms with E-state index < -0.39 is 0 Å². The maximum absolute atomic E-state index is 13.7. The average molecular weight is 220 g/mol. The second-order valence-electron chi connectivity index (χ2n) is 4.31. The van der Waals surface area contributed by atoms with Crippen LogP contribution in [0.3, 0.4) is 0 Å². The van der Waals surface area contributed by atoms with Gasteiger partial charge in [0.1, 0.15) is 11.9 Å². The summed E-state index contributed by atoms with van der Waals surface area (Å²) in [6, 6.07) is 4.86. The zero-order valence-corrected chi connectivity index (χ0v) is 8.87. The number of hydrogen-bond acceptors (Lipinski definition) is 2. The fourth-order valence-electron chi connectivity index (χ4n) is 2.60. The summed E-state index contributed by atoms with van der Waals surface area (Å²) in [4.78, 5) is 13.7. The summed E-state index contributed by atoms with van der Waals surface area (Å²) < 4.78 is 13.7. The summed E-state index contributed by atoms with van der Waals surface area (Å²) in [5, 5.41) is 2.87. The number of fused-ring (bicyclic) bond motifs is 3. The molecule has 1 unspecified atom stereocenters. The average Bonchev–Trinajstić information content (AvgIpc) is 2.56. The number of nitrogens with zero attached hydrogens (tertiary/aromatic N) is 1. The van der Waals surface area contributed by atoms with Crippen molar-refractivity contribution in [2.75, 3.05) is 18.0 Å². The van der Waals surface area contributed by atoms with Gasteiger partial charge < -0.3 is 10.2 Å². The lowest BCUT2D eigenvalue weighted by atomic mass is 10.1. The molecule has 84 valence electrons. The van der Waals surface area contributed by atoms with Crippen molar-refractivity contribution in [2.45, 2.75) is 18.9 Å². The number of hydrogen-bond donors (Lipinski definition) is 1. The van der Waals surface area contributed by atoms with Gasteiger partial charge in [-0.2, -0.15) is 0 Å². The van der Waals surface area contributed by atoms with E-state index in [1.54, 1.807) is 6.07 Å². The Morgan fingerprint density at radius 3 is 3.19 bits per heavy atom. The summed E-state index contributed by atoms with van der Waals surface area (Å²) in [6.07, 6.45) is 1.49. The van der Waals surface area contributed by atoms with E-state index in [0.717, 1.165) is 18.5 Å². The Labute approximate surface area is 93.2 Å². The molecule has 0 bridgehead atoms. The van der Waals surface area contributed by atoms with Gasteiger partial charge in [0.2, 0.25) is 5.91 Å². The van der Waals surface area contributed by atoms with Crippen molar-refractivity contribution >= 4 is 11.6 Å². The molecular formula is C12H13FN2O. The van der Waals surface area contributed by atoms with E-state index in [-0.39, 0.29) is 17.8 Å². The first kappa shape index (κ1) is 9.63. The molecule has 1 saturated heterocycles. The number of nitrogens with one attached hydrogen (secondary N) is 1. The zero-order valence-electron chi connectivity index (χ0n) is 8.87. The molecule has 3 rings (SSSR count). The van der Waals surface area contributed by atoms with E-state index in [4.69, 9.17) is 0 Å². The van der Waals surface area contributed by atoms with Gasteiger partial charge in [-0.15, -0.1) is 0 Å². The third-order valence-electron chi connectivity index (χ3n) is 3.32. The monoisotopic (exact) mass is 220 g/mol. The SMILES string of the molecule is O=C1NCCCN2c3c(F)cccc3CC12. The first-order valence-corrected chi connectivity index (χ1v) is 5.59. The van der Waals surface area contributed by atoms with E-state index in [1.165, 1.54) is 6.07 Å². The predicted molar refractivity (Wildman–Crippen MR) is 58.9 cm³/mol. The molecule has 0 saturated carbocycles. The Hall–Kier alpha value is -1.58. The molecule has 0 radical (unpaired) electrons. The molecule has 3 nitrogen and oxygen atoms in total. The highest BCUT2D eigenvalue weighted by Gasteiger charge is 2.36. The highest BCUT2D eigenvalue weighted by Crippen LogP contribution is 2.35. The van der Waals surface area contributed by atoms with Gasteiger partial charge in [-0.05, 0) is 18.1 Å². The van der Waals surface area contributed by atoms with Crippen molar-refractivity contribution in [1.82, 2.24) is 5.32 Å². The van der Waals surface area contributed by atoms with Crippen LogP contribution in [-0.2, 0) is 11.2 Å². The van der Waals surface area contributed by atoms with Crippen LogP contribution in [0.4, 0.5) is 10.1 Å². The van der Waals surface area contributed by atoms with Gasteiger partial charge in [-0.3, -0.25) is 4.79 Å². The molecule has 1 N–H and O–H groups in total. The van der Waals surface area contributed by atoms with Gasteiger partial charge in [-0.1, -0.05) is 12.1 Å². The predicted octanol–water partition coefficient (Wildman–Crippen LogP) is 1.08. The number of rotatable bonds is 0. The van der Waals surface area contributed by atoms with E-state index in [9.17, 15) is 9.18 Å². The molecule has 4 heteroatoms. The molecule has 1 amide bonds.